The summed E-state index contributed by atoms with van der Waals surface area (Å²) >= 11 is 1.18. The van der Waals surface area contributed by atoms with Gasteiger partial charge >= 0.3 is 5.69 Å². The molecule has 1 aliphatic rings. The average Bonchev–Trinajstić information content (AvgIpc) is 3.29. The van der Waals surface area contributed by atoms with Crippen LogP contribution in [0.25, 0.3) is 0 Å². The molecule has 0 radical (unpaired) electrons. The summed E-state index contributed by atoms with van der Waals surface area (Å²) in [6.07, 6.45) is 3.71. The van der Waals surface area contributed by atoms with E-state index in [1.54, 1.807) is 23.9 Å². The maximum atomic E-state index is 12.8. The maximum absolute atomic E-state index is 12.8. The zero-order valence-corrected chi connectivity index (χ0v) is 16.3. The van der Waals surface area contributed by atoms with Crippen molar-refractivity contribution in [1.82, 2.24) is 24.0 Å². The van der Waals surface area contributed by atoms with Crippen molar-refractivity contribution in [1.29, 1.82) is 0 Å². The molecule has 0 saturated carbocycles. The summed E-state index contributed by atoms with van der Waals surface area (Å²) in [7, 11) is 1.62. The van der Waals surface area contributed by atoms with E-state index in [0.29, 0.717) is 30.8 Å². The molecule has 2 aromatic heterocycles. The SMILES string of the molecule is COc1cccc(Cn2nc3n(c2=O)CCC(NC(=O)c2ccns2)CC3)c1. The Balaban J connectivity index is 1.44. The Kier molecular flexibility index (Phi) is 5.25. The van der Waals surface area contributed by atoms with Crippen LogP contribution in [0.4, 0.5) is 0 Å². The van der Waals surface area contributed by atoms with Crippen molar-refractivity contribution in [3.8, 4) is 5.75 Å². The minimum Gasteiger partial charge on any atom is -0.497 e. The molecule has 1 unspecified atom stereocenters. The number of hydrogen-bond donors (Lipinski definition) is 1. The Morgan fingerprint density at radius 1 is 1.36 bits per heavy atom. The number of aromatic nitrogens is 4. The van der Waals surface area contributed by atoms with Gasteiger partial charge in [-0.25, -0.2) is 13.8 Å². The van der Waals surface area contributed by atoms with Crippen molar-refractivity contribution < 1.29 is 9.53 Å². The first-order valence-corrected chi connectivity index (χ1v) is 9.92. The molecule has 28 heavy (non-hydrogen) atoms. The summed E-state index contributed by atoms with van der Waals surface area (Å²) in [5.41, 5.74) is 0.844. The minimum atomic E-state index is -0.118. The number of hydrogen-bond acceptors (Lipinski definition) is 6. The van der Waals surface area contributed by atoms with Crippen LogP contribution < -0.4 is 15.7 Å². The van der Waals surface area contributed by atoms with E-state index in [4.69, 9.17) is 4.74 Å². The average molecular weight is 399 g/mol. The van der Waals surface area contributed by atoms with Crippen molar-refractivity contribution in [3.63, 3.8) is 0 Å². The monoisotopic (exact) mass is 399 g/mol. The molecule has 1 N–H and O–H groups in total. The highest BCUT2D eigenvalue weighted by atomic mass is 32.1. The number of methoxy groups -OCH3 is 1. The number of aryl methyl sites for hydroxylation is 1. The van der Waals surface area contributed by atoms with Gasteiger partial charge in [-0.2, -0.15) is 5.10 Å². The Hall–Kier alpha value is -2.94. The van der Waals surface area contributed by atoms with Crippen molar-refractivity contribution in [3.05, 3.63) is 63.3 Å². The molecule has 9 heteroatoms. The van der Waals surface area contributed by atoms with Gasteiger partial charge in [0.2, 0.25) is 0 Å². The highest BCUT2D eigenvalue weighted by molar-refractivity contribution is 7.08. The Morgan fingerprint density at radius 2 is 2.25 bits per heavy atom. The largest absolute Gasteiger partial charge is 0.497 e. The third-order valence-corrected chi connectivity index (χ3v) is 5.63. The molecule has 1 aromatic carbocycles. The Bertz CT molecular complexity index is 1020. The van der Waals surface area contributed by atoms with E-state index in [9.17, 15) is 9.59 Å². The second-order valence-electron chi connectivity index (χ2n) is 6.73. The Morgan fingerprint density at radius 3 is 3.04 bits per heavy atom. The first-order chi connectivity index (χ1) is 13.6. The zero-order valence-electron chi connectivity index (χ0n) is 15.5. The molecule has 146 valence electrons. The lowest BCUT2D eigenvalue weighted by atomic mass is 10.1. The van der Waals surface area contributed by atoms with E-state index in [0.717, 1.165) is 23.6 Å². The third kappa shape index (κ3) is 3.84. The number of fused-ring (bicyclic) bond motifs is 1. The van der Waals surface area contributed by atoms with Crippen LogP contribution in [-0.4, -0.2) is 37.8 Å². The van der Waals surface area contributed by atoms with Gasteiger partial charge in [0.05, 0.1) is 13.7 Å². The van der Waals surface area contributed by atoms with Crippen molar-refractivity contribution >= 4 is 17.4 Å². The van der Waals surface area contributed by atoms with Gasteiger partial charge in [-0.15, -0.1) is 0 Å². The molecule has 3 heterocycles. The summed E-state index contributed by atoms with van der Waals surface area (Å²) in [5.74, 6) is 1.41. The molecule has 3 aromatic rings. The molecule has 1 aliphatic heterocycles. The molecule has 8 nitrogen and oxygen atoms in total. The molecule has 0 bridgehead atoms. The fourth-order valence-electron chi connectivity index (χ4n) is 3.41. The standard InChI is InChI=1S/C19H21N5O3S/c1-27-15-4-2-3-13(11-15)12-24-19(26)23-10-8-14(5-6-17(23)22-24)21-18(25)16-7-9-20-28-16/h2-4,7,9,11,14H,5-6,8,10,12H2,1H3,(H,21,25). The van der Waals surface area contributed by atoms with Gasteiger partial charge in [0, 0.05) is 25.2 Å². The van der Waals surface area contributed by atoms with Crippen LogP contribution >= 0.6 is 11.5 Å². The lowest BCUT2D eigenvalue weighted by molar-refractivity contribution is 0.0937. The lowest BCUT2D eigenvalue weighted by Crippen LogP contribution is -2.35. The van der Waals surface area contributed by atoms with Gasteiger partial charge in [-0.3, -0.25) is 9.36 Å². The second kappa shape index (κ2) is 7.97. The summed E-state index contributed by atoms with van der Waals surface area (Å²) < 4.78 is 12.4. The number of amides is 1. The summed E-state index contributed by atoms with van der Waals surface area (Å²) in [6, 6.07) is 9.35. The Labute approximate surface area is 165 Å². The van der Waals surface area contributed by atoms with Crippen molar-refractivity contribution in [2.45, 2.75) is 38.4 Å². The predicted molar refractivity (Wildman–Crippen MR) is 105 cm³/mol. The molecule has 0 spiro atoms. The van der Waals surface area contributed by atoms with Crippen LogP contribution in [0.5, 0.6) is 5.75 Å². The van der Waals surface area contributed by atoms with Crippen LogP contribution in [0.15, 0.2) is 41.3 Å². The van der Waals surface area contributed by atoms with Crippen molar-refractivity contribution in [2.75, 3.05) is 7.11 Å². The van der Waals surface area contributed by atoms with Crippen LogP contribution in [0.2, 0.25) is 0 Å². The summed E-state index contributed by atoms with van der Waals surface area (Å²) in [6.45, 7) is 0.946. The van der Waals surface area contributed by atoms with Gasteiger partial charge in [0.15, 0.2) is 0 Å². The topological polar surface area (TPSA) is 91.0 Å². The molecular formula is C19H21N5O3S. The molecule has 1 amide bonds. The number of rotatable bonds is 5. The maximum Gasteiger partial charge on any atom is 0.346 e. The fourth-order valence-corrected chi connectivity index (χ4v) is 3.91. The van der Waals surface area contributed by atoms with Gasteiger partial charge in [0.25, 0.3) is 5.91 Å². The quantitative estimate of drug-likeness (QED) is 0.705. The molecule has 0 saturated heterocycles. The van der Waals surface area contributed by atoms with Gasteiger partial charge in [0.1, 0.15) is 16.5 Å². The van der Waals surface area contributed by atoms with Gasteiger partial charge in [-0.1, -0.05) is 12.1 Å². The smallest absolute Gasteiger partial charge is 0.346 e. The number of carbonyl (C=O) groups excluding carboxylic acids is 1. The number of benzene rings is 1. The summed E-state index contributed by atoms with van der Waals surface area (Å²) in [4.78, 5) is 25.6. The van der Waals surface area contributed by atoms with E-state index in [2.05, 4.69) is 14.8 Å². The first kappa shape index (κ1) is 18.4. The highest BCUT2D eigenvalue weighted by Gasteiger charge is 2.22. The molecular weight excluding hydrogens is 378 g/mol. The first-order valence-electron chi connectivity index (χ1n) is 9.15. The molecule has 0 fully saturated rings. The normalized spacial score (nSPS) is 16.2. The van der Waals surface area contributed by atoms with E-state index < -0.39 is 0 Å². The minimum absolute atomic E-state index is 0.0162. The van der Waals surface area contributed by atoms with Crippen LogP contribution in [-0.2, 0) is 19.5 Å². The fraction of sp³-hybridized carbons (Fsp3) is 0.368. The zero-order chi connectivity index (χ0) is 19.5. The number of carbonyl (C=O) groups is 1. The van der Waals surface area contributed by atoms with E-state index in [-0.39, 0.29) is 17.6 Å². The molecule has 0 aliphatic carbocycles. The van der Waals surface area contributed by atoms with Crippen LogP contribution in [0.1, 0.15) is 33.9 Å². The van der Waals surface area contributed by atoms with E-state index in [1.807, 2.05) is 24.3 Å². The van der Waals surface area contributed by atoms with Crippen LogP contribution in [0.3, 0.4) is 0 Å². The predicted octanol–water partition coefficient (Wildman–Crippen LogP) is 1.69. The third-order valence-electron chi connectivity index (χ3n) is 4.88. The van der Waals surface area contributed by atoms with E-state index >= 15 is 0 Å². The van der Waals surface area contributed by atoms with Gasteiger partial charge in [-0.05, 0) is 48.1 Å². The molecule has 1 atom stereocenters. The van der Waals surface area contributed by atoms with E-state index in [1.165, 1.54) is 16.2 Å². The van der Waals surface area contributed by atoms with Crippen LogP contribution in [0, 0.1) is 0 Å². The van der Waals surface area contributed by atoms with Crippen molar-refractivity contribution in [2.24, 2.45) is 0 Å². The number of nitrogens with zero attached hydrogens (tertiary/aromatic N) is 4. The molecule has 4 rings (SSSR count). The van der Waals surface area contributed by atoms with Gasteiger partial charge < -0.3 is 10.1 Å². The number of nitrogens with one attached hydrogen (secondary N) is 1. The lowest BCUT2D eigenvalue weighted by Gasteiger charge is -2.15. The second-order valence-corrected chi connectivity index (χ2v) is 7.57. The summed E-state index contributed by atoms with van der Waals surface area (Å²) in [5, 5.41) is 7.57. The highest BCUT2D eigenvalue weighted by Crippen LogP contribution is 2.15. The number of ether oxygens (including phenoxy) is 1.